The molecule has 2 rings (SSSR count). The minimum Gasteiger partial charge on any atom is -0.426 e. The third-order valence-corrected chi connectivity index (χ3v) is 2.71. The lowest BCUT2D eigenvalue weighted by Gasteiger charge is -2.06. The number of anilines is 1. The number of carbonyl (C=O) groups excluding carboxylic acids is 1. The minimum atomic E-state index is -0.218. The standard InChI is InChI=1S/C10H10ClNO2/c1-5-6-3-7(11)8(12-2)4-9(6)14-10(5)13/h3-5,12H,1-2H3. The van der Waals surface area contributed by atoms with Crippen molar-refractivity contribution in [3.8, 4) is 5.75 Å². The third kappa shape index (κ3) is 1.24. The number of halogens is 1. The normalized spacial score (nSPS) is 19.1. The number of ether oxygens (including phenoxy) is 1. The molecular weight excluding hydrogens is 202 g/mol. The van der Waals surface area contributed by atoms with E-state index in [-0.39, 0.29) is 11.9 Å². The quantitative estimate of drug-likeness (QED) is 0.573. The van der Waals surface area contributed by atoms with Crippen molar-refractivity contribution in [3.05, 3.63) is 22.7 Å². The Morgan fingerprint density at radius 1 is 1.50 bits per heavy atom. The van der Waals surface area contributed by atoms with Crippen LogP contribution in [0.4, 0.5) is 5.69 Å². The Kier molecular flexibility index (Phi) is 2.11. The van der Waals surface area contributed by atoms with Gasteiger partial charge in [-0.05, 0) is 13.0 Å². The fraction of sp³-hybridized carbons (Fsp3) is 0.300. The van der Waals surface area contributed by atoms with Crippen molar-refractivity contribution in [2.75, 3.05) is 12.4 Å². The number of fused-ring (bicyclic) bond motifs is 1. The third-order valence-electron chi connectivity index (χ3n) is 2.40. The monoisotopic (exact) mass is 211 g/mol. The molecule has 14 heavy (non-hydrogen) atoms. The van der Waals surface area contributed by atoms with Crippen LogP contribution in [0.15, 0.2) is 12.1 Å². The molecule has 0 aromatic heterocycles. The van der Waals surface area contributed by atoms with Gasteiger partial charge in [0.15, 0.2) is 0 Å². The molecule has 1 atom stereocenters. The average Bonchev–Trinajstić information content (AvgIpc) is 2.43. The molecular formula is C10H10ClNO2. The van der Waals surface area contributed by atoms with Gasteiger partial charge >= 0.3 is 5.97 Å². The maximum atomic E-state index is 11.3. The highest BCUT2D eigenvalue weighted by Gasteiger charge is 2.30. The lowest BCUT2D eigenvalue weighted by atomic mass is 10.0. The fourth-order valence-corrected chi connectivity index (χ4v) is 1.78. The zero-order valence-electron chi connectivity index (χ0n) is 7.93. The molecule has 0 spiro atoms. The lowest BCUT2D eigenvalue weighted by Crippen LogP contribution is -2.05. The van der Waals surface area contributed by atoms with Gasteiger partial charge < -0.3 is 10.1 Å². The molecule has 1 unspecified atom stereocenters. The van der Waals surface area contributed by atoms with Gasteiger partial charge in [-0.2, -0.15) is 0 Å². The second-order valence-electron chi connectivity index (χ2n) is 3.26. The lowest BCUT2D eigenvalue weighted by molar-refractivity contribution is -0.133. The van der Waals surface area contributed by atoms with Crippen molar-refractivity contribution in [2.45, 2.75) is 12.8 Å². The molecule has 0 saturated carbocycles. The van der Waals surface area contributed by atoms with Crippen LogP contribution in [0, 0.1) is 0 Å². The number of benzene rings is 1. The topological polar surface area (TPSA) is 38.3 Å². The second kappa shape index (κ2) is 3.17. The number of hydrogen-bond acceptors (Lipinski definition) is 3. The molecule has 0 saturated heterocycles. The molecule has 1 aromatic rings. The van der Waals surface area contributed by atoms with E-state index in [0.29, 0.717) is 10.8 Å². The van der Waals surface area contributed by atoms with Crippen LogP contribution in [0.3, 0.4) is 0 Å². The van der Waals surface area contributed by atoms with Crippen molar-refractivity contribution in [1.29, 1.82) is 0 Å². The number of hydrogen-bond donors (Lipinski definition) is 1. The summed E-state index contributed by atoms with van der Waals surface area (Å²) >= 11 is 5.99. The zero-order chi connectivity index (χ0) is 10.3. The minimum absolute atomic E-state index is 0.214. The molecule has 0 fully saturated rings. The molecule has 4 heteroatoms. The summed E-state index contributed by atoms with van der Waals surface area (Å²) in [6.45, 7) is 1.81. The van der Waals surface area contributed by atoms with E-state index in [9.17, 15) is 4.79 Å². The van der Waals surface area contributed by atoms with Crippen LogP contribution in [-0.4, -0.2) is 13.0 Å². The van der Waals surface area contributed by atoms with Gasteiger partial charge in [-0.25, -0.2) is 0 Å². The number of esters is 1. The predicted molar refractivity (Wildman–Crippen MR) is 55.0 cm³/mol. The van der Waals surface area contributed by atoms with Gasteiger partial charge in [0, 0.05) is 18.7 Å². The molecule has 74 valence electrons. The molecule has 1 aromatic carbocycles. The highest BCUT2D eigenvalue weighted by molar-refractivity contribution is 6.33. The molecule has 0 aliphatic carbocycles. The van der Waals surface area contributed by atoms with E-state index in [0.717, 1.165) is 11.3 Å². The number of nitrogens with one attached hydrogen (secondary N) is 1. The second-order valence-corrected chi connectivity index (χ2v) is 3.67. The van der Waals surface area contributed by atoms with Crippen LogP contribution >= 0.6 is 11.6 Å². The zero-order valence-corrected chi connectivity index (χ0v) is 8.68. The van der Waals surface area contributed by atoms with Gasteiger partial charge in [0.1, 0.15) is 5.75 Å². The Morgan fingerprint density at radius 2 is 2.21 bits per heavy atom. The summed E-state index contributed by atoms with van der Waals surface area (Å²) in [7, 11) is 1.77. The molecule has 0 bridgehead atoms. The highest BCUT2D eigenvalue weighted by atomic mass is 35.5. The molecule has 1 aliphatic rings. The largest absolute Gasteiger partial charge is 0.426 e. The van der Waals surface area contributed by atoms with Crippen molar-refractivity contribution in [1.82, 2.24) is 0 Å². The molecule has 0 radical (unpaired) electrons. The highest BCUT2D eigenvalue weighted by Crippen LogP contribution is 2.39. The van der Waals surface area contributed by atoms with Crippen molar-refractivity contribution >= 4 is 23.3 Å². The van der Waals surface area contributed by atoms with E-state index < -0.39 is 0 Å². The van der Waals surface area contributed by atoms with Gasteiger partial charge in [-0.15, -0.1) is 0 Å². The van der Waals surface area contributed by atoms with E-state index >= 15 is 0 Å². The Balaban J connectivity index is 2.54. The Labute approximate surface area is 87.0 Å². The summed E-state index contributed by atoms with van der Waals surface area (Å²) < 4.78 is 5.08. The van der Waals surface area contributed by atoms with Crippen LogP contribution in [-0.2, 0) is 4.79 Å². The van der Waals surface area contributed by atoms with E-state index in [2.05, 4.69) is 5.32 Å². The molecule has 1 aliphatic heterocycles. The van der Waals surface area contributed by atoms with Crippen molar-refractivity contribution in [2.24, 2.45) is 0 Å². The van der Waals surface area contributed by atoms with Crippen molar-refractivity contribution in [3.63, 3.8) is 0 Å². The summed E-state index contributed by atoms with van der Waals surface area (Å²) in [6.07, 6.45) is 0. The van der Waals surface area contributed by atoms with E-state index in [4.69, 9.17) is 16.3 Å². The summed E-state index contributed by atoms with van der Waals surface area (Å²) in [5.74, 6) is 0.175. The van der Waals surface area contributed by atoms with Gasteiger partial charge in [0.05, 0.1) is 16.6 Å². The Bertz CT molecular complexity index is 403. The number of carbonyl (C=O) groups is 1. The van der Waals surface area contributed by atoms with E-state index in [1.54, 1.807) is 19.2 Å². The van der Waals surface area contributed by atoms with Crippen LogP contribution in [0.25, 0.3) is 0 Å². The van der Waals surface area contributed by atoms with E-state index in [1.165, 1.54) is 0 Å². The Hall–Kier alpha value is -1.22. The summed E-state index contributed by atoms with van der Waals surface area (Å²) in [5, 5.41) is 3.54. The SMILES string of the molecule is CNc1cc2c(cc1Cl)C(C)C(=O)O2. The van der Waals surface area contributed by atoms with Gasteiger partial charge in [-0.3, -0.25) is 4.79 Å². The maximum absolute atomic E-state index is 11.3. The first-order valence-corrected chi connectivity index (χ1v) is 4.74. The molecule has 1 N–H and O–H groups in total. The number of rotatable bonds is 1. The van der Waals surface area contributed by atoms with Crippen LogP contribution in [0.5, 0.6) is 5.75 Å². The van der Waals surface area contributed by atoms with E-state index in [1.807, 2.05) is 6.92 Å². The van der Waals surface area contributed by atoms with Crippen molar-refractivity contribution < 1.29 is 9.53 Å². The first-order chi connectivity index (χ1) is 6.63. The Morgan fingerprint density at radius 3 is 2.86 bits per heavy atom. The van der Waals surface area contributed by atoms with Crippen LogP contribution in [0.2, 0.25) is 5.02 Å². The van der Waals surface area contributed by atoms with Gasteiger partial charge in [0.25, 0.3) is 0 Å². The maximum Gasteiger partial charge on any atom is 0.318 e. The first-order valence-electron chi connectivity index (χ1n) is 4.36. The molecule has 0 amide bonds. The first kappa shape index (κ1) is 9.34. The van der Waals surface area contributed by atoms with Crippen LogP contribution < -0.4 is 10.1 Å². The van der Waals surface area contributed by atoms with Crippen LogP contribution in [0.1, 0.15) is 18.4 Å². The smallest absolute Gasteiger partial charge is 0.318 e. The van der Waals surface area contributed by atoms with Gasteiger partial charge in [-0.1, -0.05) is 11.6 Å². The summed E-state index contributed by atoms with van der Waals surface area (Å²) in [4.78, 5) is 11.3. The average molecular weight is 212 g/mol. The molecule has 1 heterocycles. The van der Waals surface area contributed by atoms with Gasteiger partial charge in [0.2, 0.25) is 0 Å². The molecule has 3 nitrogen and oxygen atoms in total. The predicted octanol–water partition coefficient (Wildman–Crippen LogP) is 2.40. The summed E-state index contributed by atoms with van der Waals surface area (Å²) in [5.41, 5.74) is 1.63. The fourth-order valence-electron chi connectivity index (χ4n) is 1.51. The summed E-state index contributed by atoms with van der Waals surface area (Å²) in [6, 6.07) is 3.53.